The minimum absolute atomic E-state index is 0.309. The van der Waals surface area contributed by atoms with Gasteiger partial charge in [-0.05, 0) is 48.6 Å². The molecule has 0 atom stereocenters. The molecule has 1 aromatic rings. The topological polar surface area (TPSA) is 26.0 Å². The molecule has 0 spiro atoms. The van der Waals surface area contributed by atoms with Crippen LogP contribution in [0.4, 0.5) is 0 Å². The molecule has 0 aromatic heterocycles. The second kappa shape index (κ2) is 7.07. The Hall–Kier alpha value is -0.470. The van der Waals surface area contributed by atoms with Crippen molar-refractivity contribution < 1.29 is 0 Å². The Kier molecular flexibility index (Phi) is 6.07. The maximum absolute atomic E-state index is 5.73. The number of nitrogens with two attached hydrogens (primary N) is 1. The third kappa shape index (κ3) is 5.60. The SMILES string of the molecule is Cc1ccccc1CSCCCC(C)(C)CN. The Morgan fingerprint density at radius 2 is 1.94 bits per heavy atom. The molecule has 0 fully saturated rings. The summed E-state index contributed by atoms with van der Waals surface area (Å²) in [5.74, 6) is 2.37. The molecule has 2 heteroatoms. The highest BCUT2D eigenvalue weighted by Crippen LogP contribution is 2.23. The molecule has 0 saturated heterocycles. The summed E-state index contributed by atoms with van der Waals surface area (Å²) in [5.41, 5.74) is 8.91. The van der Waals surface area contributed by atoms with Crippen LogP contribution >= 0.6 is 11.8 Å². The fourth-order valence-corrected chi connectivity index (χ4v) is 2.75. The smallest absolute Gasteiger partial charge is 0.0187 e. The van der Waals surface area contributed by atoms with E-state index in [1.807, 2.05) is 11.8 Å². The lowest BCUT2D eigenvalue weighted by Crippen LogP contribution is -2.23. The fourth-order valence-electron chi connectivity index (χ4n) is 1.71. The van der Waals surface area contributed by atoms with Crippen molar-refractivity contribution in [1.82, 2.24) is 0 Å². The summed E-state index contributed by atoms with van der Waals surface area (Å²) in [5, 5.41) is 0. The van der Waals surface area contributed by atoms with Crippen molar-refractivity contribution in [1.29, 1.82) is 0 Å². The van der Waals surface area contributed by atoms with Gasteiger partial charge < -0.3 is 5.73 Å². The fraction of sp³-hybridized carbons (Fsp3) is 0.600. The van der Waals surface area contributed by atoms with Crippen LogP contribution < -0.4 is 5.73 Å². The van der Waals surface area contributed by atoms with Crippen molar-refractivity contribution in [2.24, 2.45) is 11.1 Å². The summed E-state index contributed by atoms with van der Waals surface area (Å²) in [6.07, 6.45) is 2.49. The minimum Gasteiger partial charge on any atom is -0.330 e. The van der Waals surface area contributed by atoms with Gasteiger partial charge in [0, 0.05) is 5.75 Å². The first-order valence-electron chi connectivity index (χ1n) is 6.37. The molecule has 0 aliphatic rings. The zero-order valence-corrected chi connectivity index (χ0v) is 12.1. The van der Waals surface area contributed by atoms with Gasteiger partial charge >= 0.3 is 0 Å². The Balaban J connectivity index is 2.19. The molecule has 0 aliphatic heterocycles. The summed E-state index contributed by atoms with van der Waals surface area (Å²) in [7, 11) is 0. The van der Waals surface area contributed by atoms with Crippen LogP contribution in [0.1, 0.15) is 37.8 Å². The number of thioether (sulfide) groups is 1. The molecule has 0 saturated carbocycles. The number of benzene rings is 1. The first kappa shape index (κ1) is 14.6. The average molecular weight is 251 g/mol. The van der Waals surface area contributed by atoms with Gasteiger partial charge in [0.1, 0.15) is 0 Å². The van der Waals surface area contributed by atoms with Gasteiger partial charge in [-0.25, -0.2) is 0 Å². The molecule has 2 N–H and O–H groups in total. The van der Waals surface area contributed by atoms with Gasteiger partial charge in [-0.3, -0.25) is 0 Å². The summed E-state index contributed by atoms with van der Waals surface area (Å²) < 4.78 is 0. The van der Waals surface area contributed by atoms with Crippen molar-refractivity contribution in [2.75, 3.05) is 12.3 Å². The zero-order valence-electron chi connectivity index (χ0n) is 11.3. The van der Waals surface area contributed by atoms with Gasteiger partial charge in [0.05, 0.1) is 0 Å². The Morgan fingerprint density at radius 3 is 2.59 bits per heavy atom. The zero-order chi connectivity index (χ0) is 12.7. The van der Waals surface area contributed by atoms with Crippen molar-refractivity contribution in [3.05, 3.63) is 35.4 Å². The van der Waals surface area contributed by atoms with E-state index in [4.69, 9.17) is 5.73 Å². The van der Waals surface area contributed by atoms with Gasteiger partial charge in [0.25, 0.3) is 0 Å². The average Bonchev–Trinajstić information content (AvgIpc) is 2.31. The molecule has 0 radical (unpaired) electrons. The number of rotatable bonds is 7. The van der Waals surface area contributed by atoms with Crippen molar-refractivity contribution in [3.8, 4) is 0 Å². The van der Waals surface area contributed by atoms with E-state index in [0.29, 0.717) is 5.41 Å². The highest BCUT2D eigenvalue weighted by Gasteiger charge is 2.14. The van der Waals surface area contributed by atoms with Gasteiger partial charge in [-0.15, -0.1) is 0 Å². The van der Waals surface area contributed by atoms with Crippen molar-refractivity contribution >= 4 is 11.8 Å². The van der Waals surface area contributed by atoms with Gasteiger partial charge in [-0.2, -0.15) is 11.8 Å². The molecule has 1 aromatic carbocycles. The quantitative estimate of drug-likeness (QED) is 0.741. The largest absolute Gasteiger partial charge is 0.330 e. The molecule has 0 aliphatic carbocycles. The van der Waals surface area contributed by atoms with Gasteiger partial charge in [0.15, 0.2) is 0 Å². The predicted molar refractivity (Wildman–Crippen MR) is 79.4 cm³/mol. The van der Waals surface area contributed by atoms with Crippen LogP contribution in [0.5, 0.6) is 0 Å². The van der Waals surface area contributed by atoms with Crippen molar-refractivity contribution in [3.63, 3.8) is 0 Å². The van der Waals surface area contributed by atoms with Crippen LogP contribution in [0.15, 0.2) is 24.3 Å². The Labute approximate surface area is 110 Å². The molecule has 0 amide bonds. The van der Waals surface area contributed by atoms with Crippen LogP contribution in [0.2, 0.25) is 0 Å². The van der Waals surface area contributed by atoms with E-state index < -0.39 is 0 Å². The number of hydrogen-bond donors (Lipinski definition) is 1. The maximum Gasteiger partial charge on any atom is 0.0187 e. The first-order chi connectivity index (χ1) is 8.05. The van der Waals surface area contributed by atoms with E-state index in [9.17, 15) is 0 Å². The summed E-state index contributed by atoms with van der Waals surface area (Å²) in [6.45, 7) is 7.47. The molecule has 0 unspecified atom stereocenters. The summed E-state index contributed by atoms with van der Waals surface area (Å²) >= 11 is 2.03. The second-order valence-corrected chi connectivity index (χ2v) is 6.56. The van der Waals surface area contributed by atoms with Gasteiger partial charge in [0.2, 0.25) is 0 Å². The lowest BCUT2D eigenvalue weighted by molar-refractivity contribution is 0.345. The van der Waals surface area contributed by atoms with Crippen LogP contribution in [0, 0.1) is 12.3 Å². The normalized spacial score (nSPS) is 11.8. The lowest BCUT2D eigenvalue weighted by atomic mass is 9.88. The summed E-state index contributed by atoms with van der Waals surface area (Å²) in [4.78, 5) is 0. The molecule has 17 heavy (non-hydrogen) atoms. The van der Waals surface area contributed by atoms with E-state index in [-0.39, 0.29) is 0 Å². The molecule has 1 rings (SSSR count). The van der Waals surface area contributed by atoms with E-state index in [1.165, 1.54) is 29.7 Å². The monoisotopic (exact) mass is 251 g/mol. The van der Waals surface area contributed by atoms with Crippen LogP contribution in [0.25, 0.3) is 0 Å². The standard InChI is InChI=1S/C15H25NS/c1-13-7-4-5-8-14(13)11-17-10-6-9-15(2,3)12-16/h4-5,7-8H,6,9-12,16H2,1-3H3. The van der Waals surface area contributed by atoms with E-state index >= 15 is 0 Å². The van der Waals surface area contributed by atoms with Crippen LogP contribution in [-0.4, -0.2) is 12.3 Å². The lowest BCUT2D eigenvalue weighted by Gasteiger charge is -2.21. The van der Waals surface area contributed by atoms with E-state index in [1.54, 1.807) is 0 Å². The third-order valence-corrected chi connectivity index (χ3v) is 4.31. The number of aryl methyl sites for hydroxylation is 1. The van der Waals surface area contributed by atoms with Gasteiger partial charge in [-0.1, -0.05) is 38.1 Å². The van der Waals surface area contributed by atoms with E-state index in [0.717, 1.165) is 12.3 Å². The van der Waals surface area contributed by atoms with E-state index in [2.05, 4.69) is 45.0 Å². The molecule has 0 heterocycles. The molecule has 0 bridgehead atoms. The maximum atomic E-state index is 5.73. The number of hydrogen-bond acceptors (Lipinski definition) is 2. The minimum atomic E-state index is 0.309. The Morgan fingerprint density at radius 1 is 1.24 bits per heavy atom. The first-order valence-corrected chi connectivity index (χ1v) is 7.53. The predicted octanol–water partition coefficient (Wildman–Crippen LogP) is 3.99. The third-order valence-electron chi connectivity index (χ3n) is 3.21. The molecular weight excluding hydrogens is 226 g/mol. The van der Waals surface area contributed by atoms with Crippen molar-refractivity contribution in [2.45, 2.75) is 39.4 Å². The highest BCUT2D eigenvalue weighted by molar-refractivity contribution is 7.98. The van der Waals surface area contributed by atoms with Crippen LogP contribution in [0.3, 0.4) is 0 Å². The van der Waals surface area contributed by atoms with Crippen LogP contribution in [-0.2, 0) is 5.75 Å². The molecular formula is C15H25NS. The summed E-state index contributed by atoms with van der Waals surface area (Å²) in [6, 6.07) is 8.65. The highest BCUT2D eigenvalue weighted by atomic mass is 32.2. The molecule has 1 nitrogen and oxygen atoms in total. The Bertz CT molecular complexity index is 333. The molecule has 96 valence electrons. The second-order valence-electron chi connectivity index (χ2n) is 5.45.